The number of hydrogen-bond acceptors (Lipinski definition) is 5. The van der Waals surface area contributed by atoms with Gasteiger partial charge in [0.1, 0.15) is 16.8 Å². The van der Waals surface area contributed by atoms with Gasteiger partial charge in [-0.25, -0.2) is 4.98 Å². The van der Waals surface area contributed by atoms with Crippen molar-refractivity contribution in [2.75, 3.05) is 11.9 Å². The zero-order chi connectivity index (χ0) is 27.4. The number of amides is 1. The van der Waals surface area contributed by atoms with Crippen molar-refractivity contribution in [3.8, 4) is 34.2 Å². The Morgan fingerprint density at radius 3 is 2.56 bits per heavy atom. The molecule has 0 spiro atoms. The summed E-state index contributed by atoms with van der Waals surface area (Å²) in [6.45, 7) is 6.80. The van der Waals surface area contributed by atoms with Crippen LogP contribution in [0.5, 0.6) is 5.75 Å². The van der Waals surface area contributed by atoms with Gasteiger partial charge in [0.25, 0.3) is 5.91 Å². The maximum absolute atomic E-state index is 13.8. The summed E-state index contributed by atoms with van der Waals surface area (Å²) < 4.78 is 5.90. The molecule has 0 saturated carbocycles. The number of nitriles is 1. The number of hydrogen-bond donors (Lipinski definition) is 1. The van der Waals surface area contributed by atoms with Crippen molar-refractivity contribution >= 4 is 33.1 Å². The molecule has 1 amide bonds. The van der Waals surface area contributed by atoms with Crippen LogP contribution in [0.3, 0.4) is 0 Å². The van der Waals surface area contributed by atoms with Crippen molar-refractivity contribution < 1.29 is 9.53 Å². The van der Waals surface area contributed by atoms with Gasteiger partial charge in [0, 0.05) is 21.4 Å². The van der Waals surface area contributed by atoms with Crippen molar-refractivity contribution in [3.63, 3.8) is 0 Å². The van der Waals surface area contributed by atoms with Crippen LogP contribution in [-0.2, 0) is 0 Å². The maximum Gasteiger partial charge on any atom is 0.257 e. The molecule has 0 bridgehead atoms. The smallest absolute Gasteiger partial charge is 0.257 e. The van der Waals surface area contributed by atoms with E-state index >= 15 is 0 Å². The Bertz CT molecular complexity index is 1700. The number of benzene rings is 3. The minimum atomic E-state index is -0.279. The zero-order valence-corrected chi connectivity index (χ0v) is 23.1. The summed E-state index contributed by atoms with van der Waals surface area (Å²) in [6, 6.07) is 27.6. The Hall–Kier alpha value is -4.47. The molecule has 1 N–H and O–H groups in total. The van der Waals surface area contributed by atoms with Crippen LogP contribution in [0.1, 0.15) is 46.1 Å². The van der Waals surface area contributed by atoms with Crippen molar-refractivity contribution in [1.82, 2.24) is 4.98 Å². The summed E-state index contributed by atoms with van der Waals surface area (Å²) in [5.74, 6) is 0.497. The van der Waals surface area contributed by atoms with Crippen molar-refractivity contribution in [1.29, 1.82) is 5.26 Å². The average Bonchev–Trinajstić information content (AvgIpc) is 3.27. The topological polar surface area (TPSA) is 75.0 Å². The Morgan fingerprint density at radius 1 is 1.00 bits per heavy atom. The molecule has 5 rings (SSSR count). The third kappa shape index (κ3) is 5.55. The van der Waals surface area contributed by atoms with Crippen LogP contribution >= 0.6 is 11.3 Å². The van der Waals surface area contributed by atoms with Gasteiger partial charge in [-0.1, -0.05) is 73.5 Å². The SMILES string of the molecule is CCCCOc1cccc(-c2cc(C(=O)Nc3sc(C)c(-c4ccc(C)cc4)c3C#N)c3ccccc3n2)c1. The Balaban J connectivity index is 1.52. The highest BCUT2D eigenvalue weighted by Gasteiger charge is 2.21. The van der Waals surface area contributed by atoms with E-state index in [9.17, 15) is 10.1 Å². The van der Waals surface area contributed by atoms with E-state index < -0.39 is 0 Å². The number of pyridine rings is 1. The monoisotopic (exact) mass is 531 g/mol. The molecular formula is C33H29N3O2S. The van der Waals surface area contributed by atoms with E-state index in [1.54, 1.807) is 0 Å². The zero-order valence-electron chi connectivity index (χ0n) is 22.2. The number of carbonyl (C=O) groups excluding carboxylic acids is 1. The summed E-state index contributed by atoms with van der Waals surface area (Å²) in [5.41, 5.74) is 6.22. The van der Waals surface area contributed by atoms with Crippen LogP contribution in [0, 0.1) is 25.2 Å². The molecule has 39 heavy (non-hydrogen) atoms. The predicted octanol–water partition coefficient (Wildman–Crippen LogP) is 8.55. The Kier molecular flexibility index (Phi) is 7.72. The van der Waals surface area contributed by atoms with Gasteiger partial charge >= 0.3 is 0 Å². The Morgan fingerprint density at radius 2 is 1.79 bits per heavy atom. The molecule has 3 aromatic carbocycles. The van der Waals surface area contributed by atoms with E-state index in [1.807, 2.05) is 92.7 Å². The summed E-state index contributed by atoms with van der Waals surface area (Å²) in [4.78, 5) is 19.6. The molecule has 0 atom stereocenters. The maximum atomic E-state index is 13.8. The third-order valence-electron chi connectivity index (χ3n) is 6.62. The van der Waals surface area contributed by atoms with Gasteiger partial charge in [-0.2, -0.15) is 5.26 Å². The highest BCUT2D eigenvalue weighted by Crippen LogP contribution is 2.40. The van der Waals surface area contributed by atoms with Crippen LogP contribution in [0.2, 0.25) is 0 Å². The highest BCUT2D eigenvalue weighted by atomic mass is 32.1. The number of unbranched alkanes of at least 4 members (excludes halogenated alkanes) is 1. The number of carbonyl (C=O) groups is 1. The van der Waals surface area contributed by atoms with E-state index in [-0.39, 0.29) is 5.91 Å². The molecular weight excluding hydrogens is 502 g/mol. The molecule has 2 aromatic heterocycles. The second-order valence-electron chi connectivity index (χ2n) is 9.47. The first-order chi connectivity index (χ1) is 19.0. The van der Waals surface area contributed by atoms with Gasteiger partial charge in [-0.15, -0.1) is 11.3 Å². The molecule has 0 radical (unpaired) electrons. The fourth-order valence-electron chi connectivity index (χ4n) is 4.57. The first-order valence-electron chi connectivity index (χ1n) is 13.0. The molecule has 194 valence electrons. The third-order valence-corrected chi connectivity index (χ3v) is 7.64. The first kappa shape index (κ1) is 26.1. The normalized spacial score (nSPS) is 10.8. The lowest BCUT2D eigenvalue weighted by molar-refractivity contribution is 0.102. The minimum absolute atomic E-state index is 0.279. The summed E-state index contributed by atoms with van der Waals surface area (Å²) >= 11 is 1.42. The molecule has 0 fully saturated rings. The number of para-hydroxylation sites is 1. The molecule has 5 aromatic rings. The number of aromatic nitrogens is 1. The van der Waals surface area contributed by atoms with Crippen molar-refractivity contribution in [3.05, 3.63) is 100 Å². The summed E-state index contributed by atoms with van der Waals surface area (Å²) in [5, 5.41) is 14.4. The van der Waals surface area contributed by atoms with E-state index in [0.29, 0.717) is 28.4 Å². The van der Waals surface area contributed by atoms with Gasteiger partial charge in [0.15, 0.2) is 0 Å². The average molecular weight is 532 g/mol. The van der Waals surface area contributed by atoms with E-state index in [1.165, 1.54) is 11.3 Å². The first-order valence-corrected chi connectivity index (χ1v) is 13.8. The van der Waals surface area contributed by atoms with E-state index in [0.717, 1.165) is 56.6 Å². The number of nitrogens with one attached hydrogen (secondary N) is 1. The summed E-state index contributed by atoms with van der Waals surface area (Å²) in [7, 11) is 0. The number of ether oxygens (including phenoxy) is 1. The lowest BCUT2D eigenvalue weighted by Gasteiger charge is -2.11. The molecule has 0 aliphatic heterocycles. The number of anilines is 1. The van der Waals surface area contributed by atoms with E-state index in [4.69, 9.17) is 9.72 Å². The standard InChI is InChI=1S/C33H29N3O2S/c1-4-5-17-38-25-10-8-9-24(18-25)30-19-27(26-11-6-7-12-29(26)35-30)32(37)36-33-28(20-34)31(22(3)39-33)23-15-13-21(2)14-16-23/h6-16,18-19H,4-5,17H2,1-3H3,(H,36,37). The lowest BCUT2D eigenvalue weighted by Crippen LogP contribution is -2.13. The van der Waals surface area contributed by atoms with Crippen LogP contribution in [0.25, 0.3) is 33.3 Å². The lowest BCUT2D eigenvalue weighted by atomic mass is 10.0. The Labute approximate surface area is 232 Å². The molecule has 0 saturated heterocycles. The quantitative estimate of drug-likeness (QED) is 0.204. The van der Waals surface area contributed by atoms with Crippen LogP contribution < -0.4 is 10.1 Å². The van der Waals surface area contributed by atoms with Crippen molar-refractivity contribution in [2.45, 2.75) is 33.6 Å². The largest absolute Gasteiger partial charge is 0.494 e. The molecule has 6 heteroatoms. The van der Waals surface area contributed by atoms with Gasteiger partial charge in [-0.3, -0.25) is 4.79 Å². The second kappa shape index (κ2) is 11.5. The van der Waals surface area contributed by atoms with Gasteiger partial charge < -0.3 is 10.1 Å². The van der Waals surface area contributed by atoms with Crippen LogP contribution in [-0.4, -0.2) is 17.5 Å². The number of fused-ring (bicyclic) bond motifs is 1. The minimum Gasteiger partial charge on any atom is -0.494 e. The van der Waals surface area contributed by atoms with Gasteiger partial charge in [0.2, 0.25) is 0 Å². The number of thiophene rings is 1. The van der Waals surface area contributed by atoms with Crippen molar-refractivity contribution in [2.24, 2.45) is 0 Å². The second-order valence-corrected chi connectivity index (χ2v) is 10.7. The number of rotatable bonds is 8. The molecule has 0 aliphatic carbocycles. The van der Waals surface area contributed by atoms with Gasteiger partial charge in [0.05, 0.1) is 28.9 Å². The highest BCUT2D eigenvalue weighted by molar-refractivity contribution is 7.17. The fourth-order valence-corrected chi connectivity index (χ4v) is 5.59. The molecule has 0 unspecified atom stereocenters. The molecule has 0 aliphatic rings. The predicted molar refractivity (Wildman–Crippen MR) is 159 cm³/mol. The molecule has 5 nitrogen and oxygen atoms in total. The number of nitrogens with zero attached hydrogens (tertiary/aromatic N) is 2. The van der Waals surface area contributed by atoms with E-state index in [2.05, 4.69) is 18.3 Å². The summed E-state index contributed by atoms with van der Waals surface area (Å²) in [6.07, 6.45) is 2.05. The van der Waals surface area contributed by atoms with Crippen LogP contribution in [0.4, 0.5) is 5.00 Å². The molecule has 2 heterocycles. The van der Waals surface area contributed by atoms with Gasteiger partial charge in [-0.05, 0) is 50.1 Å². The van der Waals surface area contributed by atoms with Crippen LogP contribution in [0.15, 0.2) is 78.9 Å². The fraction of sp³-hybridized carbons (Fsp3) is 0.182. The number of aryl methyl sites for hydroxylation is 2.